The molecule has 9 heteroatoms. The summed E-state index contributed by atoms with van der Waals surface area (Å²) < 4.78 is 66.6. The fourth-order valence-electron chi connectivity index (χ4n) is 1.90. The minimum absolute atomic E-state index is 0.0627. The van der Waals surface area contributed by atoms with Crippen LogP contribution in [0.5, 0.6) is 0 Å². The van der Waals surface area contributed by atoms with Crippen LogP contribution in [0, 0.1) is 17.5 Å². The Hall–Kier alpha value is -1.22. The van der Waals surface area contributed by atoms with Crippen molar-refractivity contribution < 1.29 is 21.6 Å². The molecule has 0 aliphatic carbocycles. The molecule has 24 heavy (non-hydrogen) atoms. The molecule has 0 aliphatic heterocycles. The van der Waals surface area contributed by atoms with E-state index in [9.17, 15) is 21.6 Å². The summed E-state index contributed by atoms with van der Waals surface area (Å²) in [5.41, 5.74) is 0.326. The Kier molecular flexibility index (Phi) is 6.56. The third-order valence-electron chi connectivity index (χ3n) is 3.03. The predicted molar refractivity (Wildman–Crippen MR) is 89.1 cm³/mol. The van der Waals surface area contributed by atoms with E-state index in [-0.39, 0.29) is 23.1 Å². The minimum atomic E-state index is -4.30. The maximum absolute atomic E-state index is 13.6. The van der Waals surface area contributed by atoms with Crippen molar-refractivity contribution in [3.63, 3.8) is 0 Å². The van der Waals surface area contributed by atoms with Gasteiger partial charge in [0.1, 0.15) is 17.5 Å². The van der Waals surface area contributed by atoms with Crippen molar-refractivity contribution in [2.75, 3.05) is 12.3 Å². The lowest BCUT2D eigenvalue weighted by Gasteiger charge is -2.09. The molecule has 0 saturated carbocycles. The highest BCUT2D eigenvalue weighted by Gasteiger charge is 2.23. The lowest BCUT2D eigenvalue weighted by atomic mass is 10.2. The van der Waals surface area contributed by atoms with Gasteiger partial charge in [-0.25, -0.2) is 26.3 Å². The van der Waals surface area contributed by atoms with E-state index in [4.69, 9.17) is 11.6 Å². The fraction of sp³-hybridized carbons (Fsp3) is 0.200. The molecule has 0 radical (unpaired) electrons. The van der Waals surface area contributed by atoms with Crippen molar-refractivity contribution in [2.24, 2.45) is 0 Å². The highest BCUT2D eigenvalue weighted by atomic mass is 35.5. The van der Waals surface area contributed by atoms with Crippen LogP contribution in [0.1, 0.15) is 5.56 Å². The molecule has 0 aliphatic rings. The summed E-state index contributed by atoms with van der Waals surface area (Å²) >= 11 is 7.12. The van der Waals surface area contributed by atoms with Gasteiger partial charge in [0.25, 0.3) is 0 Å². The summed E-state index contributed by atoms with van der Waals surface area (Å²) in [6.45, 7) is -0.0627. The topological polar surface area (TPSA) is 46.2 Å². The lowest BCUT2D eigenvalue weighted by Crippen LogP contribution is -2.27. The minimum Gasteiger partial charge on any atom is -0.210 e. The van der Waals surface area contributed by atoms with Gasteiger partial charge in [0.2, 0.25) is 10.0 Å². The zero-order valence-corrected chi connectivity index (χ0v) is 14.6. The third kappa shape index (κ3) is 4.66. The molecule has 2 aromatic rings. The molecule has 130 valence electrons. The van der Waals surface area contributed by atoms with Gasteiger partial charge in [-0.3, -0.25) is 0 Å². The summed E-state index contributed by atoms with van der Waals surface area (Å²) in [6.07, 6.45) is 0. The van der Waals surface area contributed by atoms with Gasteiger partial charge < -0.3 is 0 Å². The van der Waals surface area contributed by atoms with Crippen LogP contribution in [-0.2, 0) is 15.8 Å². The largest absolute Gasteiger partial charge is 0.246 e. The summed E-state index contributed by atoms with van der Waals surface area (Å²) in [6, 6.07) is 7.15. The highest BCUT2D eigenvalue weighted by molar-refractivity contribution is 7.98. The van der Waals surface area contributed by atoms with Gasteiger partial charge >= 0.3 is 0 Å². The van der Waals surface area contributed by atoms with Gasteiger partial charge in [-0.05, 0) is 24.3 Å². The SMILES string of the molecule is O=S(=O)(NCCSCc1c(F)cccc1Cl)c1c(F)cccc1F. The Bertz CT molecular complexity index is 791. The maximum Gasteiger partial charge on any atom is 0.246 e. The first-order valence-corrected chi connectivity index (χ1v) is 9.79. The van der Waals surface area contributed by atoms with E-state index in [0.717, 1.165) is 18.2 Å². The average Bonchev–Trinajstić information content (AvgIpc) is 2.49. The molecule has 0 amide bonds. The predicted octanol–water partition coefficient (Wildman–Crippen LogP) is 3.97. The van der Waals surface area contributed by atoms with Crippen molar-refractivity contribution in [2.45, 2.75) is 10.6 Å². The van der Waals surface area contributed by atoms with E-state index in [2.05, 4.69) is 4.72 Å². The van der Waals surface area contributed by atoms with Crippen molar-refractivity contribution >= 4 is 33.4 Å². The Labute approximate surface area is 147 Å². The van der Waals surface area contributed by atoms with Crippen LogP contribution in [0.3, 0.4) is 0 Å². The summed E-state index contributed by atoms with van der Waals surface area (Å²) in [5, 5.41) is 0.288. The van der Waals surface area contributed by atoms with Gasteiger partial charge in [-0.2, -0.15) is 11.8 Å². The second-order valence-corrected chi connectivity index (χ2v) is 7.92. The standard InChI is InChI=1S/C15H13ClF3NO2S2/c16-11-3-1-4-12(17)10(11)9-23-8-7-20-24(21,22)15-13(18)5-2-6-14(15)19/h1-6,20H,7-9H2. The average molecular weight is 396 g/mol. The van der Waals surface area contributed by atoms with Crippen molar-refractivity contribution in [3.8, 4) is 0 Å². The normalized spacial score (nSPS) is 11.7. The zero-order valence-electron chi connectivity index (χ0n) is 12.2. The molecule has 2 rings (SSSR count). The van der Waals surface area contributed by atoms with E-state index in [0.29, 0.717) is 5.56 Å². The van der Waals surface area contributed by atoms with Crippen LogP contribution in [0.4, 0.5) is 13.2 Å². The van der Waals surface area contributed by atoms with Crippen molar-refractivity contribution in [1.29, 1.82) is 0 Å². The molecule has 0 aromatic heterocycles. The number of thioether (sulfide) groups is 1. The fourth-order valence-corrected chi connectivity index (χ4v) is 4.40. The summed E-state index contributed by atoms with van der Waals surface area (Å²) in [4.78, 5) is -1.01. The first kappa shape index (κ1) is 19.1. The van der Waals surface area contributed by atoms with Crippen molar-refractivity contribution in [3.05, 3.63) is 64.4 Å². The van der Waals surface area contributed by atoms with Gasteiger partial charge in [0.05, 0.1) is 0 Å². The Balaban J connectivity index is 1.90. The van der Waals surface area contributed by atoms with Gasteiger partial charge in [0, 0.05) is 28.6 Å². The molecule has 0 unspecified atom stereocenters. The molecule has 0 bridgehead atoms. The number of halogens is 4. The second kappa shape index (κ2) is 8.24. The third-order valence-corrected chi connectivity index (χ3v) is 5.89. The summed E-state index contributed by atoms with van der Waals surface area (Å²) in [5.74, 6) is -2.23. The number of hydrogen-bond acceptors (Lipinski definition) is 3. The molecule has 0 spiro atoms. The molecular formula is C15H13ClF3NO2S2. The Morgan fingerprint density at radius 1 is 1.00 bits per heavy atom. The van der Waals surface area contributed by atoms with Crippen LogP contribution < -0.4 is 4.72 Å². The Morgan fingerprint density at radius 3 is 2.21 bits per heavy atom. The van der Waals surface area contributed by atoms with Crippen LogP contribution in [-0.4, -0.2) is 20.7 Å². The van der Waals surface area contributed by atoms with Crippen LogP contribution >= 0.6 is 23.4 Å². The van der Waals surface area contributed by atoms with E-state index in [1.54, 1.807) is 6.07 Å². The molecule has 2 aromatic carbocycles. The van der Waals surface area contributed by atoms with E-state index >= 15 is 0 Å². The number of rotatable bonds is 7. The number of benzene rings is 2. The number of sulfonamides is 1. The first-order chi connectivity index (χ1) is 11.3. The van der Waals surface area contributed by atoms with Crippen LogP contribution in [0.15, 0.2) is 41.3 Å². The number of nitrogens with one attached hydrogen (secondary N) is 1. The van der Waals surface area contributed by atoms with Gasteiger partial charge in [0.15, 0.2) is 4.90 Å². The number of hydrogen-bond donors (Lipinski definition) is 1. The lowest BCUT2D eigenvalue weighted by molar-refractivity contribution is 0.515. The molecule has 1 N–H and O–H groups in total. The summed E-state index contributed by atoms with van der Waals surface area (Å²) in [7, 11) is -4.30. The smallest absolute Gasteiger partial charge is 0.210 e. The first-order valence-electron chi connectivity index (χ1n) is 6.77. The quantitative estimate of drug-likeness (QED) is 0.721. The maximum atomic E-state index is 13.6. The molecule has 0 saturated heterocycles. The van der Waals surface area contributed by atoms with Crippen LogP contribution in [0.2, 0.25) is 5.02 Å². The van der Waals surface area contributed by atoms with E-state index in [1.807, 2.05) is 0 Å². The molecule has 0 heterocycles. The van der Waals surface area contributed by atoms with Crippen LogP contribution in [0.25, 0.3) is 0 Å². The van der Waals surface area contributed by atoms with E-state index < -0.39 is 32.4 Å². The monoisotopic (exact) mass is 395 g/mol. The van der Waals surface area contributed by atoms with Gasteiger partial charge in [-0.1, -0.05) is 23.7 Å². The van der Waals surface area contributed by atoms with Crippen molar-refractivity contribution in [1.82, 2.24) is 4.72 Å². The van der Waals surface area contributed by atoms with E-state index in [1.165, 1.54) is 23.9 Å². The zero-order chi connectivity index (χ0) is 17.7. The highest BCUT2D eigenvalue weighted by Crippen LogP contribution is 2.24. The molecule has 3 nitrogen and oxygen atoms in total. The molecule has 0 fully saturated rings. The van der Waals surface area contributed by atoms with Gasteiger partial charge in [-0.15, -0.1) is 0 Å². The second-order valence-electron chi connectivity index (χ2n) is 4.70. The molecule has 0 atom stereocenters. The Morgan fingerprint density at radius 2 is 1.58 bits per heavy atom. The molecular weight excluding hydrogens is 383 g/mol.